The summed E-state index contributed by atoms with van der Waals surface area (Å²) in [7, 11) is -3.77. The second-order valence-electron chi connectivity index (χ2n) is 7.46. The van der Waals surface area contributed by atoms with Crippen molar-refractivity contribution in [1.29, 1.82) is 0 Å². The van der Waals surface area contributed by atoms with Crippen molar-refractivity contribution < 1.29 is 22.4 Å². The maximum atomic E-state index is 13.1. The van der Waals surface area contributed by atoms with Crippen LogP contribution in [0.25, 0.3) is 11.2 Å². The van der Waals surface area contributed by atoms with E-state index in [2.05, 4.69) is 20.3 Å². The summed E-state index contributed by atoms with van der Waals surface area (Å²) < 4.78 is 39.7. The number of hydrogen-bond acceptors (Lipinski definition) is 6. The van der Waals surface area contributed by atoms with Gasteiger partial charge in [-0.2, -0.15) is 4.31 Å². The Morgan fingerprint density at radius 1 is 1.00 bits per heavy atom. The summed E-state index contributed by atoms with van der Waals surface area (Å²) >= 11 is 0. The molecule has 2 amide bonds. The van der Waals surface area contributed by atoms with Gasteiger partial charge in [-0.05, 0) is 36.4 Å². The van der Waals surface area contributed by atoms with Crippen molar-refractivity contribution in [2.45, 2.75) is 17.7 Å². The highest BCUT2D eigenvalue weighted by molar-refractivity contribution is 7.89. The number of aromatic amines is 2. The van der Waals surface area contributed by atoms with Gasteiger partial charge in [0, 0.05) is 39.0 Å². The average molecular weight is 476 g/mol. The minimum atomic E-state index is -3.77. The standard InChI is InChI=1S/C20H21FN6O5S/c21-13-1-3-14(4-2-13)33(31,32)27-11-9-26(10-12-27)18(29)8-7-17(28)23-16-6-5-15-19(24-16)25-20(30)22-15/h1-6H,7-12H2,(H3,22,23,24,25,28,30). The van der Waals surface area contributed by atoms with Crippen LogP contribution in [-0.4, -0.2) is 70.6 Å². The molecule has 0 spiro atoms. The summed E-state index contributed by atoms with van der Waals surface area (Å²) in [5.74, 6) is -0.952. The molecule has 11 nitrogen and oxygen atoms in total. The Hall–Kier alpha value is -3.58. The van der Waals surface area contributed by atoms with Crippen molar-refractivity contribution in [2.75, 3.05) is 31.5 Å². The van der Waals surface area contributed by atoms with Crippen molar-refractivity contribution in [3.63, 3.8) is 0 Å². The molecule has 33 heavy (non-hydrogen) atoms. The minimum absolute atomic E-state index is 0.00383. The van der Waals surface area contributed by atoms with Crippen LogP contribution in [0.5, 0.6) is 0 Å². The van der Waals surface area contributed by atoms with E-state index in [1.54, 1.807) is 6.07 Å². The lowest BCUT2D eigenvalue weighted by molar-refractivity contribution is -0.133. The molecule has 3 N–H and O–H groups in total. The number of benzene rings is 1. The van der Waals surface area contributed by atoms with Crippen LogP contribution in [0.2, 0.25) is 0 Å². The quantitative estimate of drug-likeness (QED) is 0.476. The molecule has 0 radical (unpaired) electrons. The van der Waals surface area contributed by atoms with Gasteiger partial charge in [-0.15, -0.1) is 0 Å². The molecule has 0 bridgehead atoms. The zero-order valence-corrected chi connectivity index (χ0v) is 18.2. The third-order valence-electron chi connectivity index (χ3n) is 5.25. The highest BCUT2D eigenvalue weighted by atomic mass is 32.2. The van der Waals surface area contributed by atoms with E-state index < -0.39 is 27.4 Å². The Kier molecular flexibility index (Phi) is 6.24. The van der Waals surface area contributed by atoms with Crippen LogP contribution in [0.4, 0.5) is 10.2 Å². The lowest BCUT2D eigenvalue weighted by Gasteiger charge is -2.34. The molecule has 4 rings (SSSR count). The maximum Gasteiger partial charge on any atom is 0.325 e. The number of carbonyl (C=O) groups excluding carboxylic acids is 2. The fourth-order valence-corrected chi connectivity index (χ4v) is 4.93. The van der Waals surface area contributed by atoms with E-state index in [4.69, 9.17) is 0 Å². The van der Waals surface area contributed by atoms with Gasteiger partial charge < -0.3 is 15.2 Å². The van der Waals surface area contributed by atoms with Gasteiger partial charge in [0.05, 0.1) is 10.4 Å². The second-order valence-corrected chi connectivity index (χ2v) is 9.40. The number of carbonyl (C=O) groups is 2. The number of piperazine rings is 1. The summed E-state index contributed by atoms with van der Waals surface area (Å²) in [6.45, 7) is 0.604. The summed E-state index contributed by atoms with van der Waals surface area (Å²) in [6.07, 6.45) is -0.115. The normalized spacial score (nSPS) is 15.0. The second kappa shape index (κ2) is 9.11. The molecule has 3 heterocycles. The van der Waals surface area contributed by atoms with E-state index in [1.165, 1.54) is 27.4 Å². The van der Waals surface area contributed by atoms with E-state index >= 15 is 0 Å². The molecular formula is C20H21FN6O5S. The number of imidazole rings is 1. The first-order valence-electron chi connectivity index (χ1n) is 10.1. The van der Waals surface area contributed by atoms with Crippen LogP contribution in [0, 0.1) is 5.82 Å². The third-order valence-corrected chi connectivity index (χ3v) is 7.16. The van der Waals surface area contributed by atoms with Gasteiger partial charge in [0.15, 0.2) is 5.65 Å². The molecule has 0 saturated carbocycles. The number of amides is 2. The molecule has 1 aromatic carbocycles. The van der Waals surface area contributed by atoms with Gasteiger partial charge in [-0.25, -0.2) is 22.6 Å². The van der Waals surface area contributed by atoms with Gasteiger partial charge >= 0.3 is 5.69 Å². The number of H-pyrrole nitrogens is 2. The van der Waals surface area contributed by atoms with Crippen LogP contribution < -0.4 is 11.0 Å². The highest BCUT2D eigenvalue weighted by Crippen LogP contribution is 2.18. The van der Waals surface area contributed by atoms with E-state index in [0.717, 1.165) is 12.1 Å². The van der Waals surface area contributed by atoms with Crippen LogP contribution >= 0.6 is 0 Å². The largest absolute Gasteiger partial charge is 0.340 e. The number of rotatable bonds is 6. The van der Waals surface area contributed by atoms with Gasteiger partial charge in [0.25, 0.3) is 0 Å². The zero-order valence-electron chi connectivity index (χ0n) is 17.4. The predicted octanol–water partition coefficient (Wildman–Crippen LogP) is 0.642. The molecule has 2 aromatic heterocycles. The Morgan fingerprint density at radius 3 is 2.39 bits per heavy atom. The summed E-state index contributed by atoms with van der Waals surface area (Å²) in [4.78, 5) is 46.6. The SMILES string of the molecule is O=C(CCC(=O)N1CCN(S(=O)(=O)c2ccc(F)cc2)CC1)Nc1ccc2[nH]c(=O)[nH]c2n1. The molecule has 0 atom stereocenters. The molecule has 1 aliphatic rings. The molecule has 1 saturated heterocycles. The first-order valence-corrected chi connectivity index (χ1v) is 11.6. The van der Waals surface area contributed by atoms with Crippen molar-refractivity contribution >= 4 is 38.8 Å². The lowest BCUT2D eigenvalue weighted by Crippen LogP contribution is -2.50. The highest BCUT2D eigenvalue weighted by Gasteiger charge is 2.30. The number of nitrogens with one attached hydrogen (secondary N) is 3. The summed E-state index contributed by atoms with van der Waals surface area (Å²) in [5, 5.41) is 2.58. The van der Waals surface area contributed by atoms with E-state index in [0.29, 0.717) is 11.2 Å². The fraction of sp³-hybridized carbons (Fsp3) is 0.300. The van der Waals surface area contributed by atoms with Gasteiger partial charge in [0.2, 0.25) is 21.8 Å². The van der Waals surface area contributed by atoms with Gasteiger partial charge in [-0.3, -0.25) is 14.6 Å². The van der Waals surface area contributed by atoms with Crippen LogP contribution in [0.3, 0.4) is 0 Å². The maximum absolute atomic E-state index is 13.1. The lowest BCUT2D eigenvalue weighted by atomic mass is 10.2. The first-order chi connectivity index (χ1) is 15.7. The number of hydrogen-bond donors (Lipinski definition) is 3. The third kappa shape index (κ3) is 5.09. The Bertz CT molecular complexity index is 1340. The number of pyridine rings is 1. The fourth-order valence-electron chi connectivity index (χ4n) is 3.50. The molecule has 1 fully saturated rings. The number of nitrogens with zero attached hydrogens (tertiary/aromatic N) is 3. The molecule has 1 aliphatic heterocycles. The monoisotopic (exact) mass is 476 g/mol. The van der Waals surface area contributed by atoms with Crippen LogP contribution in [-0.2, 0) is 19.6 Å². The Morgan fingerprint density at radius 2 is 1.70 bits per heavy atom. The average Bonchev–Trinajstić information content (AvgIpc) is 3.17. The molecular weight excluding hydrogens is 455 g/mol. The van der Waals surface area contributed by atoms with Crippen molar-refractivity contribution in [1.82, 2.24) is 24.2 Å². The van der Waals surface area contributed by atoms with E-state index in [1.807, 2.05) is 0 Å². The Balaban J connectivity index is 1.26. The molecule has 174 valence electrons. The first kappa shape index (κ1) is 22.6. The molecule has 0 aliphatic carbocycles. The Labute approximate surface area is 187 Å². The summed E-state index contributed by atoms with van der Waals surface area (Å²) in [5.41, 5.74) is 0.410. The summed E-state index contributed by atoms with van der Waals surface area (Å²) in [6, 6.07) is 7.72. The van der Waals surface area contributed by atoms with Gasteiger partial charge in [0.1, 0.15) is 11.6 Å². The topological polar surface area (TPSA) is 148 Å². The number of fused-ring (bicyclic) bond motifs is 1. The predicted molar refractivity (Wildman–Crippen MR) is 116 cm³/mol. The number of halogens is 1. The van der Waals surface area contributed by atoms with Crippen molar-refractivity contribution in [3.8, 4) is 0 Å². The van der Waals surface area contributed by atoms with Gasteiger partial charge in [-0.1, -0.05) is 0 Å². The number of sulfonamides is 1. The van der Waals surface area contributed by atoms with Crippen LogP contribution in [0.1, 0.15) is 12.8 Å². The number of anilines is 1. The van der Waals surface area contributed by atoms with E-state index in [-0.39, 0.29) is 55.6 Å². The minimum Gasteiger partial charge on any atom is -0.340 e. The molecule has 3 aromatic rings. The zero-order chi connectivity index (χ0) is 23.6. The molecule has 0 unspecified atom stereocenters. The molecule has 13 heteroatoms. The van der Waals surface area contributed by atoms with Crippen molar-refractivity contribution in [3.05, 3.63) is 52.7 Å². The van der Waals surface area contributed by atoms with Crippen molar-refractivity contribution in [2.24, 2.45) is 0 Å². The smallest absolute Gasteiger partial charge is 0.325 e. The van der Waals surface area contributed by atoms with Crippen LogP contribution in [0.15, 0.2) is 46.1 Å². The van der Waals surface area contributed by atoms with E-state index in [9.17, 15) is 27.2 Å². The number of aromatic nitrogens is 3.